The molecule has 2 aromatic rings. The van der Waals surface area contributed by atoms with Gasteiger partial charge in [-0.2, -0.15) is 8.42 Å². The van der Waals surface area contributed by atoms with E-state index in [4.69, 9.17) is 37.8 Å². The third-order valence-corrected chi connectivity index (χ3v) is 4.67. The topological polar surface area (TPSA) is 87.9 Å². The minimum atomic E-state index is -4.11. The van der Waals surface area contributed by atoms with Gasteiger partial charge in [0, 0.05) is 21.2 Å². The minimum Gasteiger partial charge on any atom is -0.340 e. The smallest absolute Gasteiger partial charge is 0.333 e. The summed E-state index contributed by atoms with van der Waals surface area (Å²) in [6.45, 7) is -0.300. The molecule has 2 N–H and O–H groups in total. The van der Waals surface area contributed by atoms with Crippen molar-refractivity contribution in [2.24, 2.45) is 5.14 Å². The maximum atomic E-state index is 11.1. The lowest BCUT2D eigenvalue weighted by molar-refractivity contribution is -0.0727. The standard InChI is InChI=1S/C16H15Cl2NO5S/c17-11-6-7-12(13(18)8-11)15-14(9-22-25(19,20)21)23-16(24-15)10-4-2-1-3-5-10/h1-8,14-16H,9H2,(H2,19,20,21). The van der Waals surface area contributed by atoms with E-state index in [1.54, 1.807) is 18.2 Å². The van der Waals surface area contributed by atoms with Crippen LogP contribution in [0.2, 0.25) is 10.0 Å². The molecule has 6 nitrogen and oxygen atoms in total. The van der Waals surface area contributed by atoms with E-state index in [2.05, 4.69) is 4.18 Å². The van der Waals surface area contributed by atoms with Crippen molar-refractivity contribution in [1.29, 1.82) is 0 Å². The van der Waals surface area contributed by atoms with Gasteiger partial charge in [0.2, 0.25) is 0 Å². The minimum absolute atomic E-state index is 0.300. The van der Waals surface area contributed by atoms with E-state index in [1.165, 1.54) is 0 Å². The highest BCUT2D eigenvalue weighted by molar-refractivity contribution is 7.84. The molecule has 1 aliphatic rings. The fourth-order valence-electron chi connectivity index (χ4n) is 2.54. The highest BCUT2D eigenvalue weighted by atomic mass is 35.5. The summed E-state index contributed by atoms with van der Waals surface area (Å²) in [5.41, 5.74) is 1.41. The maximum Gasteiger partial charge on any atom is 0.333 e. The molecule has 2 aromatic carbocycles. The van der Waals surface area contributed by atoms with Crippen LogP contribution in [-0.4, -0.2) is 21.1 Å². The molecule has 3 unspecified atom stereocenters. The van der Waals surface area contributed by atoms with Crippen LogP contribution in [0.1, 0.15) is 23.5 Å². The summed E-state index contributed by atoms with van der Waals surface area (Å²) in [6, 6.07) is 14.2. The van der Waals surface area contributed by atoms with E-state index in [0.29, 0.717) is 15.6 Å². The van der Waals surface area contributed by atoms with Crippen LogP contribution in [0.15, 0.2) is 48.5 Å². The van der Waals surface area contributed by atoms with Crippen molar-refractivity contribution in [3.63, 3.8) is 0 Å². The first kappa shape index (κ1) is 18.6. The summed E-state index contributed by atoms with van der Waals surface area (Å²) in [4.78, 5) is 0. The molecule has 0 spiro atoms. The lowest BCUT2D eigenvalue weighted by Crippen LogP contribution is -2.26. The van der Waals surface area contributed by atoms with E-state index >= 15 is 0 Å². The Morgan fingerprint density at radius 2 is 1.80 bits per heavy atom. The molecule has 1 saturated heterocycles. The van der Waals surface area contributed by atoms with E-state index in [-0.39, 0.29) is 6.61 Å². The molecule has 0 bridgehead atoms. The zero-order valence-corrected chi connectivity index (χ0v) is 15.2. The third kappa shape index (κ3) is 4.71. The Morgan fingerprint density at radius 3 is 2.44 bits per heavy atom. The van der Waals surface area contributed by atoms with Crippen molar-refractivity contribution in [1.82, 2.24) is 0 Å². The first-order valence-electron chi connectivity index (χ1n) is 7.31. The molecule has 0 amide bonds. The van der Waals surface area contributed by atoms with Crippen molar-refractivity contribution in [3.05, 3.63) is 69.7 Å². The molecule has 0 saturated carbocycles. The Hall–Kier alpha value is -1.19. The van der Waals surface area contributed by atoms with E-state index in [9.17, 15) is 8.42 Å². The van der Waals surface area contributed by atoms with Crippen molar-refractivity contribution in [2.45, 2.75) is 18.5 Å². The zero-order chi connectivity index (χ0) is 18.0. The van der Waals surface area contributed by atoms with Crippen molar-refractivity contribution in [3.8, 4) is 0 Å². The van der Waals surface area contributed by atoms with Crippen LogP contribution in [0.4, 0.5) is 0 Å². The molecule has 1 fully saturated rings. The molecule has 1 aliphatic heterocycles. The second-order valence-electron chi connectivity index (χ2n) is 5.42. The quantitative estimate of drug-likeness (QED) is 0.826. The van der Waals surface area contributed by atoms with E-state index in [0.717, 1.165) is 5.56 Å². The van der Waals surface area contributed by atoms with Crippen molar-refractivity contribution < 1.29 is 22.1 Å². The largest absolute Gasteiger partial charge is 0.340 e. The lowest BCUT2D eigenvalue weighted by Gasteiger charge is -2.17. The summed E-state index contributed by atoms with van der Waals surface area (Å²) in [7, 11) is -4.11. The normalized spacial score (nSPS) is 23.7. The van der Waals surface area contributed by atoms with Gasteiger partial charge in [0.05, 0.1) is 6.61 Å². The van der Waals surface area contributed by atoms with Crippen LogP contribution >= 0.6 is 23.2 Å². The van der Waals surface area contributed by atoms with Gasteiger partial charge in [0.1, 0.15) is 12.2 Å². The van der Waals surface area contributed by atoms with Crippen LogP contribution in [-0.2, 0) is 24.0 Å². The molecular weight excluding hydrogens is 389 g/mol. The maximum absolute atomic E-state index is 11.1. The average molecular weight is 404 g/mol. The van der Waals surface area contributed by atoms with Gasteiger partial charge < -0.3 is 9.47 Å². The van der Waals surface area contributed by atoms with Gasteiger partial charge in [-0.1, -0.05) is 59.6 Å². The average Bonchev–Trinajstić information content (AvgIpc) is 2.97. The van der Waals surface area contributed by atoms with Gasteiger partial charge in [-0.05, 0) is 12.1 Å². The molecule has 134 valence electrons. The van der Waals surface area contributed by atoms with E-state index in [1.807, 2.05) is 30.3 Å². The second-order valence-corrected chi connectivity index (χ2v) is 7.48. The summed E-state index contributed by atoms with van der Waals surface area (Å²) in [5.74, 6) is 0. The number of ether oxygens (including phenoxy) is 2. The van der Waals surface area contributed by atoms with E-state index < -0.39 is 28.8 Å². The molecule has 0 radical (unpaired) electrons. The van der Waals surface area contributed by atoms with Gasteiger partial charge in [0.25, 0.3) is 0 Å². The summed E-state index contributed by atoms with van der Waals surface area (Å²) < 4.78 is 38.7. The fourth-order valence-corrected chi connectivity index (χ4v) is 3.38. The predicted molar refractivity (Wildman–Crippen MR) is 93.4 cm³/mol. The van der Waals surface area contributed by atoms with Crippen LogP contribution in [0, 0.1) is 0 Å². The predicted octanol–water partition coefficient (Wildman–Crippen LogP) is 3.37. The monoisotopic (exact) mass is 403 g/mol. The SMILES string of the molecule is NS(=O)(=O)OCC1OC(c2ccccc2)OC1c1ccc(Cl)cc1Cl. The zero-order valence-electron chi connectivity index (χ0n) is 12.8. The first-order valence-corrected chi connectivity index (χ1v) is 9.54. The Labute approximate surface area is 155 Å². The number of hydrogen-bond donors (Lipinski definition) is 1. The molecule has 9 heteroatoms. The number of benzene rings is 2. The van der Waals surface area contributed by atoms with Crippen LogP contribution in [0.5, 0.6) is 0 Å². The van der Waals surface area contributed by atoms with Gasteiger partial charge in [-0.3, -0.25) is 4.18 Å². The van der Waals surface area contributed by atoms with Gasteiger partial charge >= 0.3 is 10.3 Å². The molecule has 3 rings (SSSR count). The number of halogens is 2. The Balaban J connectivity index is 1.88. The summed E-state index contributed by atoms with van der Waals surface area (Å²) >= 11 is 12.2. The molecule has 25 heavy (non-hydrogen) atoms. The first-order chi connectivity index (χ1) is 11.8. The molecule has 1 heterocycles. The second kappa shape index (κ2) is 7.59. The lowest BCUT2D eigenvalue weighted by atomic mass is 10.1. The molecule has 3 atom stereocenters. The van der Waals surface area contributed by atoms with Crippen LogP contribution in [0.25, 0.3) is 0 Å². The highest BCUT2D eigenvalue weighted by Gasteiger charge is 2.39. The van der Waals surface area contributed by atoms with Crippen molar-refractivity contribution >= 4 is 33.5 Å². The summed E-state index contributed by atoms with van der Waals surface area (Å²) in [6.07, 6.45) is -2.05. The van der Waals surface area contributed by atoms with Crippen LogP contribution < -0.4 is 5.14 Å². The fraction of sp³-hybridized carbons (Fsp3) is 0.250. The van der Waals surface area contributed by atoms with Crippen LogP contribution in [0.3, 0.4) is 0 Å². The Bertz CT molecular complexity index is 847. The molecular formula is C16H15Cl2NO5S. The third-order valence-electron chi connectivity index (χ3n) is 3.64. The van der Waals surface area contributed by atoms with Gasteiger partial charge in [-0.25, -0.2) is 5.14 Å². The number of rotatable bonds is 5. The number of nitrogens with two attached hydrogens (primary N) is 1. The summed E-state index contributed by atoms with van der Waals surface area (Å²) in [5, 5.41) is 5.76. The van der Waals surface area contributed by atoms with Crippen molar-refractivity contribution in [2.75, 3.05) is 6.61 Å². The van der Waals surface area contributed by atoms with Gasteiger partial charge in [-0.15, -0.1) is 0 Å². The molecule has 0 aliphatic carbocycles. The Morgan fingerprint density at radius 1 is 1.08 bits per heavy atom. The Kier molecular flexibility index (Phi) is 5.65. The number of hydrogen-bond acceptors (Lipinski definition) is 5. The highest BCUT2D eigenvalue weighted by Crippen LogP contribution is 2.42. The molecule has 0 aromatic heterocycles. The van der Waals surface area contributed by atoms with Gasteiger partial charge in [0.15, 0.2) is 6.29 Å².